The summed E-state index contributed by atoms with van der Waals surface area (Å²) in [6.45, 7) is 13.5. The van der Waals surface area contributed by atoms with Gasteiger partial charge in [0, 0.05) is 29.8 Å². The molecule has 4 fully saturated rings. The lowest BCUT2D eigenvalue weighted by molar-refractivity contribution is -0.168. The summed E-state index contributed by atoms with van der Waals surface area (Å²) in [7, 11) is -2.59. The largest absolute Gasteiger partial charge is 0.461 e. The Kier molecular flexibility index (Phi) is 7.81. The molecule has 0 saturated heterocycles. The highest BCUT2D eigenvalue weighted by atomic mass is 32.2. The fourth-order valence-electron chi connectivity index (χ4n) is 8.40. The van der Waals surface area contributed by atoms with Crippen LogP contribution in [0, 0.1) is 57.2 Å². The molecule has 0 spiro atoms. The lowest BCUT2D eigenvalue weighted by atomic mass is 9.45. The first-order valence-corrected chi connectivity index (χ1v) is 17.3. The monoisotopic (exact) mass is 558 g/mol. The minimum absolute atomic E-state index is 0.0913. The number of hydrogen-bond donors (Lipinski definition) is 0. The zero-order valence-electron chi connectivity index (χ0n) is 25.7. The predicted octanol–water partition coefficient (Wildman–Crippen LogP) is 5.87. The minimum Gasteiger partial charge on any atom is -0.461 e. The molecule has 0 radical (unpaired) electrons. The van der Waals surface area contributed by atoms with Gasteiger partial charge in [-0.25, -0.2) is 0 Å². The summed E-state index contributed by atoms with van der Waals surface area (Å²) >= 11 is 0. The van der Waals surface area contributed by atoms with Gasteiger partial charge in [0.15, 0.2) is 5.78 Å². The maximum atomic E-state index is 13.3. The first-order chi connectivity index (χ1) is 17.8. The molecule has 0 heterocycles. The number of fused-ring (bicyclic) bond motifs is 5. The standard InChI is InChI=1S/C33H50O5S/c1-30(2,3)28(35)26(39(8,9)37)16-17-31(4,5)29(36)38-22-14-18-32(6)21(20-22)10-11-23-24-12-13-27(34)33(24,7)19-15-25(23)32/h21-25H,10-15,18-20H2,1-9H3/t21-,22-,23-,24-,25-,32-,33-/m0/s1. The normalized spacial score (nSPS) is 36.5. The van der Waals surface area contributed by atoms with Crippen LogP contribution in [0.1, 0.15) is 106 Å². The van der Waals surface area contributed by atoms with Crippen LogP contribution in [0.2, 0.25) is 0 Å². The lowest BCUT2D eigenvalue weighted by Gasteiger charge is -2.60. The van der Waals surface area contributed by atoms with Gasteiger partial charge in [0.2, 0.25) is 0 Å². The molecule has 0 aromatic carbocycles. The van der Waals surface area contributed by atoms with E-state index in [2.05, 4.69) is 25.7 Å². The number of ketones is 2. The highest BCUT2D eigenvalue weighted by Gasteiger charge is 2.60. The van der Waals surface area contributed by atoms with Crippen molar-refractivity contribution < 1.29 is 23.3 Å². The molecule has 0 aromatic rings. The van der Waals surface area contributed by atoms with Crippen molar-refractivity contribution in [2.75, 3.05) is 12.5 Å². The van der Waals surface area contributed by atoms with Crippen LogP contribution in [-0.2, 0) is 28.6 Å². The van der Waals surface area contributed by atoms with Gasteiger partial charge in [-0.3, -0.25) is 18.6 Å². The van der Waals surface area contributed by atoms with Gasteiger partial charge in [0.25, 0.3) is 0 Å². The fourth-order valence-corrected chi connectivity index (χ4v) is 9.45. The van der Waals surface area contributed by atoms with Crippen LogP contribution in [0.4, 0.5) is 0 Å². The van der Waals surface area contributed by atoms with Crippen molar-refractivity contribution in [1.82, 2.24) is 0 Å². The summed E-state index contributed by atoms with van der Waals surface area (Å²) in [6.07, 6.45) is 12.0. The second-order valence-corrected chi connectivity index (χ2v) is 18.3. The third-order valence-corrected chi connectivity index (χ3v) is 12.2. The number of Topliss-reactive ketones (excluding diaryl/α,β-unsaturated/α-hetero) is 2. The molecule has 0 aliphatic heterocycles. The molecule has 7 atom stereocenters. The predicted molar refractivity (Wildman–Crippen MR) is 158 cm³/mol. The van der Waals surface area contributed by atoms with Gasteiger partial charge in [-0.05, 0) is 104 Å². The van der Waals surface area contributed by atoms with E-state index in [0.29, 0.717) is 29.5 Å². The number of ether oxygens (including phenoxy) is 1. The summed E-state index contributed by atoms with van der Waals surface area (Å²) in [5.74, 6) is 8.04. The van der Waals surface area contributed by atoms with Crippen LogP contribution in [0.3, 0.4) is 0 Å². The third kappa shape index (κ3) is 5.51. The van der Waals surface area contributed by atoms with Gasteiger partial charge in [0.1, 0.15) is 22.2 Å². The molecule has 0 N–H and O–H groups in total. The molecule has 0 amide bonds. The van der Waals surface area contributed by atoms with Crippen LogP contribution in [0.15, 0.2) is 0 Å². The molecule has 218 valence electrons. The van der Waals surface area contributed by atoms with Gasteiger partial charge in [0.05, 0.1) is 0 Å². The Balaban J connectivity index is 1.44. The molecule has 4 rings (SSSR count). The molecule has 39 heavy (non-hydrogen) atoms. The Morgan fingerprint density at radius 3 is 2.23 bits per heavy atom. The van der Waals surface area contributed by atoms with E-state index in [1.165, 1.54) is 18.9 Å². The van der Waals surface area contributed by atoms with Crippen molar-refractivity contribution >= 4 is 31.9 Å². The zero-order valence-corrected chi connectivity index (χ0v) is 26.5. The number of carbonyl (C=O) groups is 3. The number of rotatable bonds is 3. The maximum absolute atomic E-state index is 13.3. The van der Waals surface area contributed by atoms with Gasteiger partial charge >= 0.3 is 5.97 Å². The summed E-state index contributed by atoms with van der Waals surface area (Å²) in [4.78, 5) is 39.0. The average Bonchev–Trinajstić information content (AvgIpc) is 3.12. The topological polar surface area (TPSA) is 77.5 Å². The molecule has 4 aliphatic carbocycles. The highest BCUT2D eigenvalue weighted by Crippen LogP contribution is 2.65. The van der Waals surface area contributed by atoms with E-state index in [1.807, 2.05) is 0 Å². The lowest BCUT2D eigenvalue weighted by Crippen LogP contribution is -2.54. The van der Waals surface area contributed by atoms with E-state index in [0.717, 1.165) is 51.4 Å². The van der Waals surface area contributed by atoms with Crippen LogP contribution in [-0.4, -0.2) is 45.2 Å². The first kappa shape index (κ1) is 30.4. The SMILES string of the molecule is CC(C)(C)C(=O)C(C#CC(C)(C)C(=O)O[C@H]1CC[C@@]2(C)[C@@H](CC[C@@H]3[C@@H]2CC[C@]2(C)C(=O)CC[C@@H]32)C1)=S(C)(C)=O. The smallest absolute Gasteiger partial charge is 0.323 e. The van der Waals surface area contributed by atoms with Crippen LogP contribution in [0.25, 0.3) is 0 Å². The Labute approximate surface area is 237 Å². The van der Waals surface area contributed by atoms with E-state index in [4.69, 9.17) is 4.74 Å². The summed E-state index contributed by atoms with van der Waals surface area (Å²) in [5.41, 5.74) is -1.67. The van der Waals surface area contributed by atoms with Crippen molar-refractivity contribution in [2.45, 2.75) is 112 Å². The summed E-state index contributed by atoms with van der Waals surface area (Å²) in [5, 5.41) is 0. The first-order valence-electron chi connectivity index (χ1n) is 14.9. The van der Waals surface area contributed by atoms with Crippen molar-refractivity contribution in [1.29, 1.82) is 0 Å². The molecule has 0 bridgehead atoms. The van der Waals surface area contributed by atoms with Crippen molar-refractivity contribution in [3.63, 3.8) is 0 Å². The zero-order chi connectivity index (χ0) is 29.2. The molecule has 4 aliphatic rings. The molecule has 6 heteroatoms. The second kappa shape index (κ2) is 10.0. The highest BCUT2D eigenvalue weighted by molar-refractivity contribution is 8.02. The molecule has 0 aromatic heterocycles. The van der Waals surface area contributed by atoms with Crippen LogP contribution < -0.4 is 0 Å². The van der Waals surface area contributed by atoms with Gasteiger partial charge < -0.3 is 4.74 Å². The Morgan fingerprint density at radius 1 is 0.949 bits per heavy atom. The quantitative estimate of drug-likeness (QED) is 0.246. The van der Waals surface area contributed by atoms with Crippen LogP contribution in [0.5, 0.6) is 0 Å². The number of hydrogen-bond acceptors (Lipinski definition) is 5. The Morgan fingerprint density at radius 2 is 1.62 bits per heavy atom. The van der Waals surface area contributed by atoms with Crippen LogP contribution >= 0.6 is 0 Å². The van der Waals surface area contributed by atoms with E-state index in [-0.39, 0.29) is 33.6 Å². The van der Waals surface area contributed by atoms with Crippen molar-refractivity contribution in [3.8, 4) is 11.8 Å². The summed E-state index contributed by atoms with van der Waals surface area (Å²) < 4.78 is 18.9. The third-order valence-electron chi connectivity index (χ3n) is 11.0. The molecular formula is C33H50O5S. The number of carbonyl (C=O) groups excluding carboxylic acids is 3. The molecule has 5 nitrogen and oxygen atoms in total. The maximum Gasteiger partial charge on any atom is 0.323 e. The van der Waals surface area contributed by atoms with E-state index >= 15 is 0 Å². The molecule has 0 unspecified atom stereocenters. The Bertz CT molecular complexity index is 1220. The fraction of sp³-hybridized carbons (Fsp3) is 0.818. The Hall–Kier alpha value is -1.61. The second-order valence-electron chi connectivity index (χ2n) is 15.4. The van der Waals surface area contributed by atoms with Gasteiger partial charge in [-0.15, -0.1) is 0 Å². The van der Waals surface area contributed by atoms with E-state index in [9.17, 15) is 18.6 Å². The minimum atomic E-state index is -2.59. The molecular weight excluding hydrogens is 508 g/mol. The summed E-state index contributed by atoms with van der Waals surface area (Å²) in [6, 6.07) is 0. The van der Waals surface area contributed by atoms with Crippen molar-refractivity contribution in [3.05, 3.63) is 0 Å². The van der Waals surface area contributed by atoms with E-state index < -0.39 is 20.4 Å². The van der Waals surface area contributed by atoms with Crippen molar-refractivity contribution in [2.24, 2.45) is 45.3 Å². The molecule has 4 saturated carbocycles. The average molecular weight is 559 g/mol. The van der Waals surface area contributed by atoms with Gasteiger partial charge in [-0.1, -0.05) is 46.5 Å². The van der Waals surface area contributed by atoms with E-state index in [1.54, 1.807) is 34.6 Å². The number of esters is 1. The van der Waals surface area contributed by atoms with Gasteiger partial charge in [-0.2, -0.15) is 0 Å².